The van der Waals surface area contributed by atoms with Gasteiger partial charge in [-0.1, -0.05) is 61.1 Å². The highest BCUT2D eigenvalue weighted by Gasteiger charge is 2.39. The van der Waals surface area contributed by atoms with Gasteiger partial charge in [-0.2, -0.15) is 0 Å². The van der Waals surface area contributed by atoms with Crippen LogP contribution in [0.3, 0.4) is 0 Å². The number of hydrogen-bond donors (Lipinski definition) is 2. The van der Waals surface area contributed by atoms with Gasteiger partial charge in [0.25, 0.3) is 11.8 Å². The van der Waals surface area contributed by atoms with Gasteiger partial charge in [0.1, 0.15) is 6.04 Å². The number of aromatic nitrogens is 1. The quantitative estimate of drug-likeness (QED) is 0.0724. The van der Waals surface area contributed by atoms with Crippen LogP contribution in [0.4, 0.5) is 0 Å². The number of carbonyl (C=O) groups excluding carboxylic acids is 5. The lowest BCUT2D eigenvalue weighted by Gasteiger charge is -2.33. The van der Waals surface area contributed by atoms with Gasteiger partial charge in [-0.25, -0.2) is 0 Å². The van der Waals surface area contributed by atoms with E-state index < -0.39 is 11.9 Å². The maximum atomic E-state index is 13.4. The van der Waals surface area contributed by atoms with Gasteiger partial charge in [-0.15, -0.1) is 0 Å². The minimum atomic E-state index is -0.631. The molecule has 4 aliphatic heterocycles. The van der Waals surface area contributed by atoms with Crippen molar-refractivity contribution in [3.05, 3.63) is 142 Å². The van der Waals surface area contributed by atoms with Crippen LogP contribution in [0, 0.1) is 17.8 Å². The van der Waals surface area contributed by atoms with Gasteiger partial charge in [0, 0.05) is 79.9 Å². The van der Waals surface area contributed by atoms with Crippen LogP contribution < -0.4 is 10.6 Å². The number of pyridine rings is 1. The van der Waals surface area contributed by atoms with Gasteiger partial charge < -0.3 is 15.1 Å². The summed E-state index contributed by atoms with van der Waals surface area (Å²) in [6.45, 7) is 5.52. The Balaban J connectivity index is 0.725. The van der Waals surface area contributed by atoms with Crippen LogP contribution in [0.5, 0.6) is 0 Å². The predicted octanol–water partition coefficient (Wildman–Crippen LogP) is 6.47. The fourth-order valence-electron chi connectivity index (χ4n) is 9.13. The number of hydrogen-bond acceptors (Lipinski definition) is 7. The van der Waals surface area contributed by atoms with E-state index in [9.17, 15) is 24.0 Å². The van der Waals surface area contributed by atoms with Gasteiger partial charge in [0.05, 0.1) is 0 Å². The molecule has 1 unspecified atom stereocenters. The summed E-state index contributed by atoms with van der Waals surface area (Å²) >= 11 is 0. The number of piperidine rings is 3. The number of unbranched alkanes of at least 4 members (excludes halogenated alkanes) is 1. The highest BCUT2D eigenvalue weighted by molar-refractivity contribution is 6.05. The molecule has 0 bridgehead atoms. The van der Waals surface area contributed by atoms with E-state index in [-0.39, 0.29) is 30.0 Å². The maximum absolute atomic E-state index is 13.4. The summed E-state index contributed by atoms with van der Waals surface area (Å²) in [4.78, 5) is 72.8. The van der Waals surface area contributed by atoms with E-state index in [1.807, 2.05) is 53.4 Å². The number of imide groups is 1. The summed E-state index contributed by atoms with van der Waals surface area (Å²) < 4.78 is 0. The Morgan fingerprint density at radius 2 is 1.60 bits per heavy atom. The molecule has 3 aromatic carbocycles. The van der Waals surface area contributed by atoms with Crippen molar-refractivity contribution in [2.24, 2.45) is 5.92 Å². The van der Waals surface area contributed by atoms with E-state index in [1.165, 1.54) is 11.1 Å². The topological polar surface area (TPSA) is 132 Å². The molecule has 62 heavy (non-hydrogen) atoms. The molecule has 0 aliphatic carbocycles. The molecule has 1 atom stereocenters. The van der Waals surface area contributed by atoms with E-state index >= 15 is 0 Å². The Bertz CT molecular complexity index is 2350. The first-order valence-electron chi connectivity index (χ1n) is 22.1. The molecule has 0 saturated carbocycles. The molecule has 0 radical (unpaired) electrons. The van der Waals surface area contributed by atoms with Crippen molar-refractivity contribution in [3.8, 4) is 11.8 Å². The largest absolute Gasteiger partial charge is 0.353 e. The number of rotatable bonds is 12. The molecular formula is C51H54N6O5. The number of benzene rings is 3. The first-order chi connectivity index (χ1) is 30.3. The Morgan fingerprint density at radius 1 is 0.839 bits per heavy atom. The lowest BCUT2D eigenvalue weighted by atomic mass is 9.88. The molecule has 5 heterocycles. The third-order valence-corrected chi connectivity index (χ3v) is 12.8. The van der Waals surface area contributed by atoms with Crippen molar-refractivity contribution < 1.29 is 24.0 Å². The summed E-state index contributed by atoms with van der Waals surface area (Å²) in [6, 6.07) is 25.4. The zero-order chi connectivity index (χ0) is 42.8. The van der Waals surface area contributed by atoms with Crippen molar-refractivity contribution >= 4 is 35.6 Å². The van der Waals surface area contributed by atoms with Gasteiger partial charge in [0.2, 0.25) is 17.7 Å². The first-order valence-corrected chi connectivity index (χ1v) is 22.1. The van der Waals surface area contributed by atoms with Crippen LogP contribution in [0.1, 0.15) is 118 Å². The van der Waals surface area contributed by atoms with Crippen LogP contribution >= 0.6 is 0 Å². The number of fused-ring (bicyclic) bond motifs is 1. The molecule has 8 rings (SSSR count). The van der Waals surface area contributed by atoms with Crippen molar-refractivity contribution in [2.75, 3.05) is 32.7 Å². The molecule has 0 spiro atoms. The molecular weight excluding hydrogens is 777 g/mol. The summed E-state index contributed by atoms with van der Waals surface area (Å²) in [5.74, 6) is 6.67. The monoisotopic (exact) mass is 830 g/mol. The molecule has 3 fully saturated rings. The van der Waals surface area contributed by atoms with Crippen LogP contribution in [0.15, 0.2) is 97.3 Å². The molecule has 2 N–H and O–H groups in total. The summed E-state index contributed by atoms with van der Waals surface area (Å²) in [5.41, 5.74) is 7.28. The number of nitrogens with zero attached hydrogens (tertiary/aromatic N) is 4. The molecule has 4 aromatic rings. The minimum absolute atomic E-state index is 0.0845. The minimum Gasteiger partial charge on any atom is -0.353 e. The van der Waals surface area contributed by atoms with Crippen molar-refractivity contribution in [1.29, 1.82) is 0 Å². The third kappa shape index (κ3) is 10.7. The van der Waals surface area contributed by atoms with Crippen molar-refractivity contribution in [3.63, 3.8) is 0 Å². The van der Waals surface area contributed by atoms with Crippen LogP contribution in [-0.4, -0.2) is 88.0 Å². The normalized spacial score (nSPS) is 18.6. The molecule has 4 aliphatic rings. The van der Waals surface area contributed by atoms with Gasteiger partial charge in [-0.3, -0.25) is 39.2 Å². The third-order valence-electron chi connectivity index (χ3n) is 12.8. The lowest BCUT2D eigenvalue weighted by molar-refractivity contribution is -0.137. The van der Waals surface area contributed by atoms with Crippen LogP contribution in [-0.2, 0) is 27.5 Å². The second-order valence-electron chi connectivity index (χ2n) is 17.0. The van der Waals surface area contributed by atoms with Crippen LogP contribution in [0.2, 0.25) is 0 Å². The SMILES string of the molecule is O=C(/C=C/c1cccnc1)NCCCCC1CCN(C(=O)c2ccc(C3CCN(Cc4ccc(C#Cc5ccc6c(c5)C(=O)N(C5CCC(=O)NC5=O)C6)cc4)CC3)cc2)CC1. The van der Waals surface area contributed by atoms with Gasteiger partial charge >= 0.3 is 0 Å². The van der Waals surface area contributed by atoms with E-state index in [1.54, 1.807) is 35.5 Å². The number of likely N-dealkylation sites (tertiary alicyclic amines) is 2. The standard InChI is InChI=1S/C51H54N6O5/c58-47(20-13-39-5-3-26-52-33-39)53-27-2-1-4-36-22-30-56(31-23-36)50(61)43-17-15-41(16-18-43)42-24-28-55(29-25-42)34-40-10-7-37(8-11-40)6-9-38-12-14-44-35-57(51(62)45(44)32-38)46-19-21-48(59)54-49(46)60/h3,5,7-8,10-18,20,26,32-33,36,42,46H,1-2,4,19,21-25,27-31,34-35H2,(H,53,58)(H,54,59,60)/b20-13+. The molecule has 11 heteroatoms. The second-order valence-corrected chi connectivity index (χ2v) is 17.0. The molecule has 11 nitrogen and oxygen atoms in total. The fourth-order valence-corrected chi connectivity index (χ4v) is 9.13. The summed E-state index contributed by atoms with van der Waals surface area (Å²) in [6.07, 6.45) is 14.7. The molecule has 3 saturated heterocycles. The Kier molecular flexibility index (Phi) is 13.6. The van der Waals surface area contributed by atoms with E-state index in [4.69, 9.17) is 0 Å². The fraction of sp³-hybridized carbons (Fsp3) is 0.373. The average Bonchev–Trinajstić information content (AvgIpc) is 3.63. The molecule has 318 valence electrons. The average molecular weight is 831 g/mol. The zero-order valence-electron chi connectivity index (χ0n) is 35.2. The van der Waals surface area contributed by atoms with Crippen LogP contribution in [0.25, 0.3) is 6.08 Å². The number of amides is 5. The van der Waals surface area contributed by atoms with Crippen molar-refractivity contribution in [2.45, 2.75) is 82.8 Å². The van der Waals surface area contributed by atoms with Gasteiger partial charge in [0.15, 0.2) is 0 Å². The smallest absolute Gasteiger partial charge is 0.255 e. The van der Waals surface area contributed by atoms with Crippen molar-refractivity contribution in [1.82, 2.24) is 30.3 Å². The predicted molar refractivity (Wildman–Crippen MR) is 237 cm³/mol. The Hall–Kier alpha value is -6.38. The van der Waals surface area contributed by atoms with E-state index in [0.29, 0.717) is 36.9 Å². The van der Waals surface area contributed by atoms with Gasteiger partial charge in [-0.05, 0) is 134 Å². The summed E-state index contributed by atoms with van der Waals surface area (Å²) in [7, 11) is 0. The van der Waals surface area contributed by atoms with E-state index in [0.717, 1.165) is 105 Å². The second kappa shape index (κ2) is 20.0. The highest BCUT2D eigenvalue weighted by atomic mass is 16.2. The van der Waals surface area contributed by atoms with E-state index in [2.05, 4.69) is 56.6 Å². The molecule has 5 amide bonds. The number of nitrogens with one attached hydrogen (secondary N) is 2. The molecule has 1 aromatic heterocycles. The maximum Gasteiger partial charge on any atom is 0.255 e. The highest BCUT2D eigenvalue weighted by Crippen LogP contribution is 2.31. The Morgan fingerprint density at radius 3 is 2.34 bits per heavy atom. The lowest BCUT2D eigenvalue weighted by Crippen LogP contribution is -2.52. The first kappa shape index (κ1) is 42.3. The summed E-state index contributed by atoms with van der Waals surface area (Å²) in [5, 5.41) is 5.31. The number of carbonyl (C=O) groups is 5. The Labute approximate surface area is 364 Å². The zero-order valence-corrected chi connectivity index (χ0v) is 35.2.